The zero-order chi connectivity index (χ0) is 22.8. The van der Waals surface area contributed by atoms with Crippen molar-refractivity contribution in [2.24, 2.45) is 0 Å². The fraction of sp³-hybridized carbons (Fsp3) is 0.200. The Morgan fingerprint density at radius 1 is 0.879 bits per heavy atom. The van der Waals surface area contributed by atoms with E-state index in [1.807, 2.05) is 19.2 Å². The van der Waals surface area contributed by atoms with E-state index in [1.165, 1.54) is 27.6 Å². The molecule has 0 amide bonds. The number of nitrogens with one attached hydrogen (secondary N) is 1. The van der Waals surface area contributed by atoms with E-state index in [-0.39, 0.29) is 5.41 Å². The van der Waals surface area contributed by atoms with E-state index in [0.717, 1.165) is 30.2 Å². The summed E-state index contributed by atoms with van der Waals surface area (Å²) in [5.74, 6) is 1.80. The first-order valence-electron chi connectivity index (χ1n) is 11.5. The molecule has 3 nitrogen and oxygen atoms in total. The van der Waals surface area contributed by atoms with Crippen LogP contribution < -0.4 is 15.0 Å². The third kappa shape index (κ3) is 3.95. The molecule has 4 aromatic carbocycles. The second kappa shape index (κ2) is 8.67. The molecule has 4 aromatic rings. The van der Waals surface area contributed by atoms with Crippen LogP contribution in [0.3, 0.4) is 0 Å². The number of hydrogen-bond donors (Lipinski definition) is 1. The SMILES string of the molecule is CNc1ccc2ccccc2c1C(C)(C/C=C1\Oc2ccccc2N1C)Cc1ccccc1. The maximum atomic E-state index is 6.22. The van der Waals surface area contributed by atoms with Gasteiger partial charge in [0.25, 0.3) is 0 Å². The fourth-order valence-corrected chi connectivity index (χ4v) is 5.05. The van der Waals surface area contributed by atoms with Gasteiger partial charge in [-0.1, -0.05) is 79.7 Å². The summed E-state index contributed by atoms with van der Waals surface area (Å²) < 4.78 is 6.22. The zero-order valence-electron chi connectivity index (χ0n) is 19.5. The molecule has 1 heterocycles. The highest BCUT2D eigenvalue weighted by Gasteiger charge is 2.32. The van der Waals surface area contributed by atoms with Gasteiger partial charge in [0, 0.05) is 25.2 Å². The monoisotopic (exact) mass is 434 g/mol. The van der Waals surface area contributed by atoms with Gasteiger partial charge < -0.3 is 15.0 Å². The molecule has 0 aromatic heterocycles. The van der Waals surface area contributed by atoms with Crippen LogP contribution in [-0.4, -0.2) is 14.1 Å². The van der Waals surface area contributed by atoms with Crippen LogP contribution in [0.2, 0.25) is 0 Å². The average molecular weight is 435 g/mol. The molecule has 0 aliphatic carbocycles. The number of para-hydroxylation sites is 2. The van der Waals surface area contributed by atoms with Crippen molar-refractivity contribution < 1.29 is 4.74 Å². The van der Waals surface area contributed by atoms with E-state index in [4.69, 9.17) is 4.74 Å². The van der Waals surface area contributed by atoms with E-state index >= 15 is 0 Å². The van der Waals surface area contributed by atoms with Gasteiger partial charge in [0.1, 0.15) is 0 Å². The molecule has 1 N–H and O–H groups in total. The summed E-state index contributed by atoms with van der Waals surface area (Å²) in [6, 6.07) is 32.1. The van der Waals surface area contributed by atoms with Crippen LogP contribution >= 0.6 is 0 Å². The molecular weight excluding hydrogens is 404 g/mol. The molecule has 3 heteroatoms. The normalized spacial score (nSPS) is 15.8. The standard InChI is InChI=1S/C30H30N2O/c1-30(21-22-11-5-4-6-12-22,20-19-28-32(3)26-15-9-10-16-27(26)33-28)29-24-14-8-7-13-23(24)17-18-25(29)31-2/h4-19,31H,20-21H2,1-3H3/b28-19-. The molecule has 166 valence electrons. The quantitative estimate of drug-likeness (QED) is 0.349. The molecule has 1 atom stereocenters. The predicted molar refractivity (Wildman–Crippen MR) is 139 cm³/mol. The minimum Gasteiger partial charge on any atom is -0.439 e. The molecule has 0 fully saturated rings. The third-order valence-corrected chi connectivity index (χ3v) is 6.74. The van der Waals surface area contributed by atoms with Gasteiger partial charge in [0.15, 0.2) is 11.6 Å². The van der Waals surface area contributed by atoms with Crippen LogP contribution in [0.25, 0.3) is 10.8 Å². The summed E-state index contributed by atoms with van der Waals surface area (Å²) in [4.78, 5) is 2.14. The summed E-state index contributed by atoms with van der Waals surface area (Å²) >= 11 is 0. The Hall–Kier alpha value is -3.72. The van der Waals surface area contributed by atoms with E-state index in [2.05, 4.69) is 109 Å². The van der Waals surface area contributed by atoms with Crippen molar-refractivity contribution >= 4 is 22.1 Å². The number of allylic oxidation sites excluding steroid dienone is 1. The zero-order valence-corrected chi connectivity index (χ0v) is 19.5. The molecule has 5 rings (SSSR count). The van der Waals surface area contributed by atoms with Crippen LogP contribution in [0.1, 0.15) is 24.5 Å². The minimum atomic E-state index is -0.146. The van der Waals surface area contributed by atoms with Crippen molar-refractivity contribution in [3.05, 3.63) is 114 Å². The second-order valence-corrected chi connectivity index (χ2v) is 9.06. The first-order chi connectivity index (χ1) is 16.1. The van der Waals surface area contributed by atoms with Crippen LogP contribution in [0.5, 0.6) is 5.75 Å². The molecule has 33 heavy (non-hydrogen) atoms. The maximum absolute atomic E-state index is 6.22. The Balaban J connectivity index is 1.61. The lowest BCUT2D eigenvalue weighted by Crippen LogP contribution is -2.27. The molecule has 1 aliphatic heterocycles. The van der Waals surface area contributed by atoms with Gasteiger partial charge in [-0.25, -0.2) is 0 Å². The molecule has 1 aliphatic rings. The van der Waals surface area contributed by atoms with Gasteiger partial charge >= 0.3 is 0 Å². The summed E-state index contributed by atoms with van der Waals surface area (Å²) in [5, 5.41) is 6.03. The minimum absolute atomic E-state index is 0.146. The van der Waals surface area contributed by atoms with Gasteiger partial charge in [-0.05, 0) is 59.0 Å². The van der Waals surface area contributed by atoms with Gasteiger partial charge in [-0.15, -0.1) is 0 Å². The lowest BCUT2D eigenvalue weighted by atomic mass is 9.72. The highest BCUT2D eigenvalue weighted by Crippen LogP contribution is 2.43. The lowest BCUT2D eigenvalue weighted by Gasteiger charge is -2.33. The van der Waals surface area contributed by atoms with Crippen molar-refractivity contribution in [2.45, 2.75) is 25.2 Å². The summed E-state index contributed by atoms with van der Waals surface area (Å²) in [5.41, 5.74) is 4.82. The van der Waals surface area contributed by atoms with Crippen molar-refractivity contribution in [1.29, 1.82) is 0 Å². The van der Waals surface area contributed by atoms with Crippen molar-refractivity contribution in [2.75, 3.05) is 24.3 Å². The highest BCUT2D eigenvalue weighted by molar-refractivity contribution is 5.91. The third-order valence-electron chi connectivity index (χ3n) is 6.74. The largest absolute Gasteiger partial charge is 0.439 e. The molecular formula is C30H30N2O. The number of fused-ring (bicyclic) bond motifs is 2. The Labute approximate surface area is 196 Å². The number of ether oxygens (including phenoxy) is 1. The number of rotatable bonds is 6. The summed E-state index contributed by atoms with van der Waals surface area (Å²) in [6.07, 6.45) is 4.03. The molecule has 0 spiro atoms. The topological polar surface area (TPSA) is 24.5 Å². The molecule has 0 bridgehead atoms. The molecule has 0 saturated heterocycles. The average Bonchev–Trinajstić information content (AvgIpc) is 3.18. The van der Waals surface area contributed by atoms with E-state index in [0.29, 0.717) is 0 Å². The van der Waals surface area contributed by atoms with Crippen LogP contribution in [0.4, 0.5) is 11.4 Å². The second-order valence-electron chi connectivity index (χ2n) is 9.06. The van der Waals surface area contributed by atoms with Gasteiger partial charge in [0.2, 0.25) is 0 Å². The predicted octanol–water partition coefficient (Wildman–Crippen LogP) is 7.14. The summed E-state index contributed by atoms with van der Waals surface area (Å²) in [6.45, 7) is 2.38. The number of hydrogen-bond acceptors (Lipinski definition) is 3. The Bertz CT molecular complexity index is 1310. The molecule has 0 saturated carbocycles. The lowest BCUT2D eigenvalue weighted by molar-refractivity contribution is 0.425. The Morgan fingerprint density at radius 3 is 2.39 bits per heavy atom. The van der Waals surface area contributed by atoms with Crippen molar-refractivity contribution in [3.8, 4) is 5.75 Å². The van der Waals surface area contributed by atoms with Gasteiger partial charge in [-0.3, -0.25) is 0 Å². The number of nitrogens with zero attached hydrogens (tertiary/aromatic N) is 1. The van der Waals surface area contributed by atoms with E-state index in [9.17, 15) is 0 Å². The van der Waals surface area contributed by atoms with Gasteiger partial charge in [-0.2, -0.15) is 0 Å². The molecule has 1 unspecified atom stereocenters. The first-order valence-corrected chi connectivity index (χ1v) is 11.5. The molecule has 0 radical (unpaired) electrons. The number of benzene rings is 4. The summed E-state index contributed by atoms with van der Waals surface area (Å²) in [7, 11) is 4.09. The van der Waals surface area contributed by atoms with E-state index < -0.39 is 0 Å². The smallest absolute Gasteiger partial charge is 0.196 e. The maximum Gasteiger partial charge on any atom is 0.196 e. The Kier molecular flexibility index (Phi) is 5.55. The fourth-order valence-electron chi connectivity index (χ4n) is 5.05. The first kappa shape index (κ1) is 21.1. The highest BCUT2D eigenvalue weighted by atomic mass is 16.5. The Morgan fingerprint density at radius 2 is 1.61 bits per heavy atom. The van der Waals surface area contributed by atoms with Gasteiger partial charge in [0.05, 0.1) is 5.69 Å². The van der Waals surface area contributed by atoms with Crippen LogP contribution in [-0.2, 0) is 11.8 Å². The van der Waals surface area contributed by atoms with E-state index in [1.54, 1.807) is 0 Å². The number of anilines is 2. The van der Waals surface area contributed by atoms with Crippen LogP contribution in [0.15, 0.2) is 103 Å². The van der Waals surface area contributed by atoms with Crippen molar-refractivity contribution in [3.63, 3.8) is 0 Å². The van der Waals surface area contributed by atoms with Crippen molar-refractivity contribution in [1.82, 2.24) is 0 Å². The van der Waals surface area contributed by atoms with Crippen LogP contribution in [0, 0.1) is 0 Å².